The van der Waals surface area contributed by atoms with Gasteiger partial charge in [-0.2, -0.15) is 10.4 Å². The van der Waals surface area contributed by atoms with Crippen molar-refractivity contribution in [3.63, 3.8) is 0 Å². The number of halogens is 1. The van der Waals surface area contributed by atoms with Crippen molar-refractivity contribution < 1.29 is 0 Å². The molecule has 0 spiro atoms. The number of hydrogen-bond acceptors (Lipinski definition) is 3. The summed E-state index contributed by atoms with van der Waals surface area (Å²) in [6.07, 6.45) is 1.89. The molecule has 2 aromatic rings. The highest BCUT2D eigenvalue weighted by molar-refractivity contribution is 6.32. The van der Waals surface area contributed by atoms with Crippen molar-refractivity contribution in [2.45, 2.75) is 6.92 Å². The predicted molar refractivity (Wildman–Crippen MR) is 67.4 cm³/mol. The molecule has 86 valence electrons. The van der Waals surface area contributed by atoms with Gasteiger partial charge in [0.15, 0.2) is 0 Å². The molecule has 0 radical (unpaired) electrons. The SMILES string of the molecule is Cc1nn(C)cc1Nc1ccc(C#N)c(Cl)c1. The fourth-order valence-corrected chi connectivity index (χ4v) is 1.78. The largest absolute Gasteiger partial charge is 0.353 e. The van der Waals surface area contributed by atoms with E-state index in [0.717, 1.165) is 17.1 Å². The van der Waals surface area contributed by atoms with Gasteiger partial charge in [0, 0.05) is 18.9 Å². The van der Waals surface area contributed by atoms with Crippen molar-refractivity contribution in [2.75, 3.05) is 5.32 Å². The number of aryl methyl sites for hydroxylation is 2. The highest BCUT2D eigenvalue weighted by atomic mass is 35.5. The molecule has 4 nitrogen and oxygen atoms in total. The van der Waals surface area contributed by atoms with Gasteiger partial charge in [0.2, 0.25) is 0 Å². The molecule has 2 rings (SSSR count). The number of anilines is 2. The fraction of sp³-hybridized carbons (Fsp3) is 0.167. The lowest BCUT2D eigenvalue weighted by Crippen LogP contribution is -1.91. The lowest BCUT2D eigenvalue weighted by Gasteiger charge is -2.05. The zero-order chi connectivity index (χ0) is 12.4. The molecule has 0 bridgehead atoms. The number of aromatic nitrogens is 2. The first-order valence-corrected chi connectivity index (χ1v) is 5.45. The highest BCUT2D eigenvalue weighted by Crippen LogP contribution is 2.24. The average Bonchev–Trinajstić information content (AvgIpc) is 2.58. The van der Waals surface area contributed by atoms with E-state index in [-0.39, 0.29) is 0 Å². The molecule has 1 N–H and O–H groups in total. The van der Waals surface area contributed by atoms with Gasteiger partial charge in [-0.1, -0.05) is 11.6 Å². The monoisotopic (exact) mass is 246 g/mol. The Morgan fingerprint density at radius 1 is 1.47 bits per heavy atom. The molecule has 1 aromatic carbocycles. The Labute approximate surface area is 104 Å². The van der Waals surface area contributed by atoms with Gasteiger partial charge in [-0.15, -0.1) is 0 Å². The van der Waals surface area contributed by atoms with Gasteiger partial charge in [-0.25, -0.2) is 0 Å². The Bertz CT molecular complexity index is 595. The van der Waals surface area contributed by atoms with Crippen LogP contribution in [0.25, 0.3) is 0 Å². The number of nitrogens with one attached hydrogen (secondary N) is 1. The molecule has 0 saturated heterocycles. The molecule has 1 aromatic heterocycles. The third-order valence-electron chi connectivity index (χ3n) is 2.38. The molecule has 0 amide bonds. The lowest BCUT2D eigenvalue weighted by molar-refractivity contribution is 0.756. The fourth-order valence-electron chi connectivity index (χ4n) is 1.56. The van der Waals surface area contributed by atoms with Gasteiger partial charge in [0.25, 0.3) is 0 Å². The van der Waals surface area contributed by atoms with Crippen molar-refractivity contribution in [3.05, 3.63) is 40.7 Å². The Balaban J connectivity index is 2.28. The smallest absolute Gasteiger partial charge is 0.101 e. The van der Waals surface area contributed by atoms with Crippen molar-refractivity contribution in [1.82, 2.24) is 9.78 Å². The second-order valence-corrected chi connectivity index (χ2v) is 4.14. The second kappa shape index (κ2) is 4.48. The molecule has 0 aliphatic carbocycles. The molecule has 1 heterocycles. The highest BCUT2D eigenvalue weighted by Gasteiger charge is 2.05. The summed E-state index contributed by atoms with van der Waals surface area (Å²) < 4.78 is 1.74. The van der Waals surface area contributed by atoms with Gasteiger partial charge >= 0.3 is 0 Å². The molecule has 17 heavy (non-hydrogen) atoms. The third kappa shape index (κ3) is 2.40. The van der Waals surface area contributed by atoms with Gasteiger partial charge in [-0.3, -0.25) is 4.68 Å². The number of rotatable bonds is 2. The molecule has 5 heteroatoms. The van der Waals surface area contributed by atoms with E-state index in [9.17, 15) is 0 Å². The van der Waals surface area contributed by atoms with E-state index in [2.05, 4.69) is 10.4 Å². The van der Waals surface area contributed by atoms with Crippen LogP contribution < -0.4 is 5.32 Å². The van der Waals surface area contributed by atoms with Crippen molar-refractivity contribution in [3.8, 4) is 6.07 Å². The van der Waals surface area contributed by atoms with Crippen LogP contribution in [0.5, 0.6) is 0 Å². The van der Waals surface area contributed by atoms with Crippen LogP contribution in [-0.4, -0.2) is 9.78 Å². The summed E-state index contributed by atoms with van der Waals surface area (Å²) in [5.41, 5.74) is 3.14. The van der Waals surface area contributed by atoms with Crippen LogP contribution in [0, 0.1) is 18.3 Å². The van der Waals surface area contributed by atoms with Crippen molar-refractivity contribution in [2.24, 2.45) is 7.05 Å². The minimum Gasteiger partial charge on any atom is -0.353 e. The van der Waals surface area contributed by atoms with Crippen LogP contribution in [0.3, 0.4) is 0 Å². The maximum absolute atomic E-state index is 8.78. The molecule has 0 aliphatic rings. The molecule has 0 aliphatic heterocycles. The van der Waals surface area contributed by atoms with Crippen LogP contribution in [0.4, 0.5) is 11.4 Å². The molecule has 0 unspecified atom stereocenters. The summed E-state index contributed by atoms with van der Waals surface area (Å²) in [6, 6.07) is 7.26. The summed E-state index contributed by atoms with van der Waals surface area (Å²) in [5.74, 6) is 0. The maximum Gasteiger partial charge on any atom is 0.101 e. The average molecular weight is 247 g/mol. The molecule has 0 atom stereocenters. The first-order chi connectivity index (χ1) is 8.10. The van der Waals surface area contributed by atoms with E-state index in [1.54, 1.807) is 16.8 Å². The summed E-state index contributed by atoms with van der Waals surface area (Å²) in [4.78, 5) is 0. The van der Waals surface area contributed by atoms with E-state index < -0.39 is 0 Å². The third-order valence-corrected chi connectivity index (χ3v) is 2.69. The van der Waals surface area contributed by atoms with Crippen LogP contribution in [0.15, 0.2) is 24.4 Å². The van der Waals surface area contributed by atoms with Crippen molar-refractivity contribution >= 4 is 23.0 Å². The number of nitriles is 1. The summed E-state index contributed by atoms with van der Waals surface area (Å²) in [6.45, 7) is 1.92. The first kappa shape index (κ1) is 11.5. The van der Waals surface area contributed by atoms with Crippen molar-refractivity contribution in [1.29, 1.82) is 5.26 Å². The second-order valence-electron chi connectivity index (χ2n) is 3.73. The minimum absolute atomic E-state index is 0.444. The van der Waals surface area contributed by atoms with Crippen LogP contribution in [0.2, 0.25) is 5.02 Å². The number of hydrogen-bond donors (Lipinski definition) is 1. The molecular formula is C12H11ClN4. The van der Waals surface area contributed by atoms with Gasteiger partial charge in [-0.05, 0) is 25.1 Å². The van der Waals surface area contributed by atoms with E-state index >= 15 is 0 Å². The number of benzene rings is 1. The molecular weight excluding hydrogens is 236 g/mol. The van der Waals surface area contributed by atoms with E-state index in [0.29, 0.717) is 10.6 Å². The van der Waals surface area contributed by atoms with Gasteiger partial charge < -0.3 is 5.32 Å². The first-order valence-electron chi connectivity index (χ1n) is 5.07. The quantitative estimate of drug-likeness (QED) is 0.886. The van der Waals surface area contributed by atoms with Gasteiger partial charge in [0.05, 0.1) is 22.0 Å². The van der Waals surface area contributed by atoms with Crippen LogP contribution >= 0.6 is 11.6 Å². The van der Waals surface area contributed by atoms with Crippen LogP contribution in [-0.2, 0) is 7.05 Å². The van der Waals surface area contributed by atoms with E-state index in [1.165, 1.54) is 0 Å². The topological polar surface area (TPSA) is 53.6 Å². The summed E-state index contributed by atoms with van der Waals surface area (Å²) >= 11 is 5.96. The Kier molecular flexibility index (Phi) is 3.03. The molecule has 0 fully saturated rings. The maximum atomic E-state index is 8.78. The minimum atomic E-state index is 0.444. The summed E-state index contributed by atoms with van der Waals surface area (Å²) in [7, 11) is 1.87. The Hall–Kier alpha value is -1.99. The van der Waals surface area contributed by atoms with E-state index in [1.807, 2.05) is 32.3 Å². The molecule has 0 saturated carbocycles. The van der Waals surface area contributed by atoms with E-state index in [4.69, 9.17) is 16.9 Å². The Morgan fingerprint density at radius 3 is 2.76 bits per heavy atom. The van der Waals surface area contributed by atoms with Crippen LogP contribution in [0.1, 0.15) is 11.3 Å². The van der Waals surface area contributed by atoms with Gasteiger partial charge in [0.1, 0.15) is 6.07 Å². The zero-order valence-electron chi connectivity index (χ0n) is 9.53. The number of nitrogens with zero attached hydrogens (tertiary/aromatic N) is 3. The summed E-state index contributed by atoms with van der Waals surface area (Å²) in [5, 5.41) is 16.7. The Morgan fingerprint density at radius 2 is 2.24 bits per heavy atom. The predicted octanol–water partition coefficient (Wildman–Crippen LogP) is 3.00. The standard InChI is InChI=1S/C12H11ClN4/c1-8-12(7-17(2)16-8)15-10-4-3-9(6-14)11(13)5-10/h3-5,7,15H,1-2H3. The lowest BCUT2D eigenvalue weighted by atomic mass is 10.2. The zero-order valence-corrected chi connectivity index (χ0v) is 10.3. The normalized spacial score (nSPS) is 10.0.